The van der Waals surface area contributed by atoms with Crippen molar-refractivity contribution in [3.8, 4) is 0 Å². The Morgan fingerprint density at radius 3 is 3.09 bits per heavy atom. The number of aliphatic hydroxyl groups excluding tert-OH is 1. The summed E-state index contributed by atoms with van der Waals surface area (Å²) in [5.41, 5.74) is 5.28. The third kappa shape index (κ3) is 2.45. The number of nitrogens with one attached hydrogen (secondary N) is 1. The van der Waals surface area contributed by atoms with Crippen LogP contribution in [0.4, 0.5) is 5.13 Å². The fourth-order valence-electron chi connectivity index (χ4n) is 0.641. The summed E-state index contributed by atoms with van der Waals surface area (Å²) in [7, 11) is 0. The highest BCUT2D eigenvalue weighted by Gasteiger charge is 1.97. The summed E-state index contributed by atoms with van der Waals surface area (Å²) in [6.45, 7) is 1.37. The van der Waals surface area contributed by atoms with Crippen molar-refractivity contribution in [2.75, 3.05) is 18.4 Å². The number of aliphatic hydroxyl groups is 1. The number of aromatic nitrogens is 1. The van der Waals surface area contributed by atoms with E-state index in [9.17, 15) is 0 Å². The zero-order valence-corrected chi connectivity index (χ0v) is 6.90. The second-order valence-electron chi connectivity index (χ2n) is 2.01. The maximum Gasteiger partial charge on any atom is 0.182 e. The molecular formula is C6H11N3OS. The highest BCUT2D eigenvalue weighted by atomic mass is 32.1. The van der Waals surface area contributed by atoms with Gasteiger partial charge in [-0.1, -0.05) is 11.3 Å². The molecular weight excluding hydrogens is 162 g/mol. The minimum atomic E-state index is 0.0575. The van der Waals surface area contributed by atoms with Crippen molar-refractivity contribution in [1.82, 2.24) is 4.98 Å². The number of thiazole rings is 1. The highest BCUT2D eigenvalue weighted by molar-refractivity contribution is 7.15. The molecule has 0 spiro atoms. The van der Waals surface area contributed by atoms with Crippen LogP contribution in [0, 0.1) is 0 Å². The Kier molecular flexibility index (Phi) is 3.28. The van der Waals surface area contributed by atoms with Gasteiger partial charge in [0, 0.05) is 19.3 Å². The topological polar surface area (TPSA) is 71.2 Å². The van der Waals surface area contributed by atoms with Crippen molar-refractivity contribution in [3.05, 3.63) is 11.1 Å². The Morgan fingerprint density at radius 1 is 1.73 bits per heavy atom. The summed E-state index contributed by atoms with van der Waals surface area (Å²) < 4.78 is 0. The van der Waals surface area contributed by atoms with Gasteiger partial charge >= 0.3 is 0 Å². The SMILES string of the molecule is NCCNc1ncc(CO)s1. The van der Waals surface area contributed by atoms with Crippen molar-refractivity contribution in [3.63, 3.8) is 0 Å². The normalized spacial score (nSPS) is 10.0. The number of nitrogens with zero attached hydrogens (tertiary/aromatic N) is 1. The Bertz CT molecular complexity index is 213. The molecule has 0 aliphatic heterocycles. The fourth-order valence-corrected chi connectivity index (χ4v) is 1.34. The van der Waals surface area contributed by atoms with Crippen LogP contribution in [-0.2, 0) is 6.61 Å². The maximum absolute atomic E-state index is 8.69. The second-order valence-corrected chi connectivity index (χ2v) is 3.12. The quantitative estimate of drug-likeness (QED) is 0.599. The van der Waals surface area contributed by atoms with E-state index in [1.807, 2.05) is 0 Å². The van der Waals surface area contributed by atoms with Crippen LogP contribution in [0.2, 0.25) is 0 Å². The molecule has 4 nitrogen and oxygen atoms in total. The lowest BCUT2D eigenvalue weighted by Crippen LogP contribution is -2.12. The van der Waals surface area contributed by atoms with Crippen LogP contribution in [0.3, 0.4) is 0 Å². The average molecular weight is 173 g/mol. The van der Waals surface area contributed by atoms with Gasteiger partial charge in [0.15, 0.2) is 5.13 Å². The number of anilines is 1. The van der Waals surface area contributed by atoms with E-state index in [0.717, 1.165) is 16.6 Å². The van der Waals surface area contributed by atoms with Crippen molar-refractivity contribution in [1.29, 1.82) is 0 Å². The predicted molar refractivity (Wildman–Crippen MR) is 45.6 cm³/mol. The Morgan fingerprint density at radius 2 is 2.55 bits per heavy atom. The molecule has 62 valence electrons. The molecule has 11 heavy (non-hydrogen) atoms. The fraction of sp³-hybridized carbons (Fsp3) is 0.500. The largest absolute Gasteiger partial charge is 0.391 e. The Hall–Kier alpha value is -0.650. The number of hydrogen-bond acceptors (Lipinski definition) is 5. The van der Waals surface area contributed by atoms with E-state index in [4.69, 9.17) is 10.8 Å². The van der Waals surface area contributed by atoms with E-state index < -0.39 is 0 Å². The number of hydrogen-bond donors (Lipinski definition) is 3. The summed E-state index contributed by atoms with van der Waals surface area (Å²) in [6.07, 6.45) is 1.66. The molecule has 1 heterocycles. The molecule has 0 atom stereocenters. The molecule has 0 radical (unpaired) electrons. The summed E-state index contributed by atoms with van der Waals surface area (Å²) >= 11 is 1.45. The molecule has 4 N–H and O–H groups in total. The molecule has 1 aromatic rings. The van der Waals surface area contributed by atoms with Gasteiger partial charge in [-0.25, -0.2) is 4.98 Å². The minimum Gasteiger partial charge on any atom is -0.391 e. The van der Waals surface area contributed by atoms with Crippen LogP contribution in [0.25, 0.3) is 0 Å². The monoisotopic (exact) mass is 173 g/mol. The Balaban J connectivity index is 2.44. The molecule has 1 aromatic heterocycles. The molecule has 5 heteroatoms. The minimum absolute atomic E-state index is 0.0575. The summed E-state index contributed by atoms with van der Waals surface area (Å²) in [5, 5.41) is 12.5. The molecule has 0 fully saturated rings. The van der Waals surface area contributed by atoms with Crippen molar-refractivity contribution >= 4 is 16.5 Å². The molecule has 1 rings (SSSR count). The molecule has 0 aliphatic carbocycles. The van der Waals surface area contributed by atoms with Crippen LogP contribution in [0.1, 0.15) is 4.88 Å². The zero-order chi connectivity index (χ0) is 8.10. The van der Waals surface area contributed by atoms with Crippen LogP contribution in [0.5, 0.6) is 0 Å². The number of nitrogens with two attached hydrogens (primary N) is 1. The standard InChI is InChI=1S/C6H11N3OS/c7-1-2-8-6-9-3-5(4-10)11-6/h3,10H,1-2,4,7H2,(H,8,9). The number of rotatable bonds is 4. The van der Waals surface area contributed by atoms with Gasteiger partial charge in [0.2, 0.25) is 0 Å². The van der Waals surface area contributed by atoms with Gasteiger partial charge in [-0.15, -0.1) is 0 Å². The molecule has 0 unspecified atom stereocenters. The van der Waals surface area contributed by atoms with Crippen LogP contribution < -0.4 is 11.1 Å². The van der Waals surface area contributed by atoms with E-state index in [1.165, 1.54) is 11.3 Å². The van der Waals surface area contributed by atoms with Crippen molar-refractivity contribution in [2.45, 2.75) is 6.61 Å². The molecule has 0 saturated heterocycles. The molecule has 0 aliphatic rings. The van der Waals surface area contributed by atoms with Gasteiger partial charge < -0.3 is 16.2 Å². The van der Waals surface area contributed by atoms with Gasteiger partial charge in [0.25, 0.3) is 0 Å². The zero-order valence-electron chi connectivity index (χ0n) is 6.08. The van der Waals surface area contributed by atoms with E-state index in [0.29, 0.717) is 6.54 Å². The van der Waals surface area contributed by atoms with E-state index in [2.05, 4.69) is 10.3 Å². The van der Waals surface area contributed by atoms with Crippen LogP contribution in [-0.4, -0.2) is 23.2 Å². The molecule has 0 saturated carbocycles. The van der Waals surface area contributed by atoms with Gasteiger partial charge in [0.1, 0.15) is 0 Å². The Labute approximate surface area is 69.1 Å². The first-order chi connectivity index (χ1) is 5.36. The lowest BCUT2D eigenvalue weighted by Gasteiger charge is -1.96. The first kappa shape index (κ1) is 8.45. The lowest BCUT2D eigenvalue weighted by atomic mass is 10.6. The molecule has 0 bridgehead atoms. The van der Waals surface area contributed by atoms with E-state index in [1.54, 1.807) is 6.20 Å². The van der Waals surface area contributed by atoms with E-state index >= 15 is 0 Å². The third-order valence-corrected chi connectivity index (χ3v) is 2.07. The van der Waals surface area contributed by atoms with Gasteiger partial charge in [-0.3, -0.25) is 0 Å². The highest BCUT2D eigenvalue weighted by Crippen LogP contribution is 2.16. The first-order valence-electron chi connectivity index (χ1n) is 3.36. The third-order valence-electron chi connectivity index (χ3n) is 1.13. The van der Waals surface area contributed by atoms with Gasteiger partial charge in [-0.05, 0) is 0 Å². The first-order valence-corrected chi connectivity index (χ1v) is 4.18. The summed E-state index contributed by atoms with van der Waals surface area (Å²) in [6, 6.07) is 0. The van der Waals surface area contributed by atoms with Crippen molar-refractivity contribution < 1.29 is 5.11 Å². The summed E-state index contributed by atoms with van der Waals surface area (Å²) in [4.78, 5) is 4.88. The molecule has 0 aromatic carbocycles. The van der Waals surface area contributed by atoms with Gasteiger partial charge in [-0.2, -0.15) is 0 Å². The van der Waals surface area contributed by atoms with E-state index in [-0.39, 0.29) is 6.61 Å². The average Bonchev–Trinajstić information content (AvgIpc) is 2.48. The van der Waals surface area contributed by atoms with Crippen molar-refractivity contribution in [2.24, 2.45) is 5.73 Å². The van der Waals surface area contributed by atoms with Gasteiger partial charge in [0.05, 0.1) is 11.5 Å². The maximum atomic E-state index is 8.69. The smallest absolute Gasteiger partial charge is 0.182 e. The summed E-state index contributed by atoms with van der Waals surface area (Å²) in [5.74, 6) is 0. The van der Waals surface area contributed by atoms with Crippen LogP contribution >= 0.6 is 11.3 Å². The second kappa shape index (κ2) is 4.27. The lowest BCUT2D eigenvalue weighted by molar-refractivity contribution is 0.285. The molecule has 0 amide bonds. The predicted octanol–water partition coefficient (Wildman–Crippen LogP) is 0.00600. The van der Waals surface area contributed by atoms with Crippen LogP contribution in [0.15, 0.2) is 6.20 Å².